The number of β-amino-alcohol motifs (C(OH)–C–C–N with tert-alkyl or cyclic N) is 1. The van der Waals surface area contributed by atoms with Gasteiger partial charge in [-0.3, -0.25) is 33.4 Å². The Morgan fingerprint density at radius 3 is 2.17 bits per heavy atom. The molecule has 80 heavy (non-hydrogen) atoms. The molecule has 5 N–H and O–H groups in total. The Kier molecular flexibility index (Phi) is 19.3. The summed E-state index contributed by atoms with van der Waals surface area (Å²) in [6.07, 6.45) is 2.67. The third-order valence-corrected chi connectivity index (χ3v) is 15.3. The van der Waals surface area contributed by atoms with Crippen LogP contribution < -0.4 is 26.4 Å². The third kappa shape index (κ3) is 14.5. The van der Waals surface area contributed by atoms with E-state index >= 15 is 0 Å². The van der Waals surface area contributed by atoms with Gasteiger partial charge in [0.2, 0.25) is 23.6 Å². The van der Waals surface area contributed by atoms with Crippen LogP contribution in [0, 0.1) is 26.2 Å². The van der Waals surface area contributed by atoms with Crippen molar-refractivity contribution in [3.63, 3.8) is 0 Å². The number of benzene rings is 2. The average Bonchev–Trinajstić information content (AvgIpc) is 4.25. The molecule has 8 rings (SSSR count). The lowest BCUT2D eigenvalue weighted by Gasteiger charge is -2.35. The number of likely N-dealkylation sites (tertiary alicyclic amines) is 1. The van der Waals surface area contributed by atoms with E-state index in [-0.39, 0.29) is 95.0 Å². The molecule has 6 aromatic rings. The number of H-pyrrole nitrogens is 1. The van der Waals surface area contributed by atoms with Crippen molar-refractivity contribution in [2.45, 2.75) is 99.1 Å². The van der Waals surface area contributed by atoms with Gasteiger partial charge in [0.1, 0.15) is 31.1 Å². The fraction of sp³-hybridized carbons (Fsp3) is 0.466. The van der Waals surface area contributed by atoms with Gasteiger partial charge in [-0.15, -0.1) is 11.3 Å². The van der Waals surface area contributed by atoms with Gasteiger partial charge in [0.05, 0.1) is 65.9 Å². The average molecular weight is 1120 g/mol. The van der Waals surface area contributed by atoms with Crippen LogP contribution in [0.2, 0.25) is 0 Å². The quantitative estimate of drug-likeness (QED) is 0.0570. The topological polar surface area (TPSA) is 256 Å². The summed E-state index contributed by atoms with van der Waals surface area (Å²) in [5.74, 6) is -1.06. The van der Waals surface area contributed by atoms with Crippen LogP contribution in [-0.4, -0.2) is 160 Å². The maximum absolute atomic E-state index is 14.0. The summed E-state index contributed by atoms with van der Waals surface area (Å²) in [7, 11) is 0. The molecule has 0 aliphatic carbocycles. The number of nitrogens with one attached hydrogen (secondary N) is 4. The highest BCUT2D eigenvalue weighted by molar-refractivity contribution is 7.13. The summed E-state index contributed by atoms with van der Waals surface area (Å²) in [6.45, 7) is 17.8. The Labute approximate surface area is 469 Å². The molecule has 2 fully saturated rings. The first-order chi connectivity index (χ1) is 38.2. The third-order valence-electron chi connectivity index (χ3n) is 14.3. The van der Waals surface area contributed by atoms with Crippen molar-refractivity contribution in [2.24, 2.45) is 5.41 Å². The Morgan fingerprint density at radius 2 is 1.52 bits per heavy atom. The van der Waals surface area contributed by atoms with Gasteiger partial charge < -0.3 is 55.0 Å². The monoisotopic (exact) mass is 1120 g/mol. The van der Waals surface area contributed by atoms with E-state index in [0.717, 1.165) is 55.4 Å². The smallest absolute Gasteiger partial charge is 0.253 e. The molecule has 4 aromatic heterocycles. The predicted molar refractivity (Wildman–Crippen MR) is 304 cm³/mol. The highest BCUT2D eigenvalue weighted by Crippen LogP contribution is 2.32. The van der Waals surface area contributed by atoms with E-state index in [1.165, 1.54) is 4.90 Å². The van der Waals surface area contributed by atoms with Crippen molar-refractivity contribution < 1.29 is 43.3 Å². The Balaban J connectivity index is 0.722. The minimum Gasteiger partial charge on any atom is -0.391 e. The van der Waals surface area contributed by atoms with Crippen LogP contribution in [-0.2, 0) is 46.5 Å². The second-order valence-corrected chi connectivity index (χ2v) is 22.6. The normalized spacial score (nSPS) is 16.1. The van der Waals surface area contributed by atoms with E-state index in [0.29, 0.717) is 42.7 Å². The first-order valence-electron chi connectivity index (χ1n) is 27.0. The number of hydrogen-bond donors (Lipinski definition) is 5. The minimum atomic E-state index is -0.998. The molecule has 22 heteroatoms. The molecule has 2 saturated heterocycles. The van der Waals surface area contributed by atoms with Crippen molar-refractivity contribution in [1.29, 1.82) is 0 Å². The summed E-state index contributed by atoms with van der Waals surface area (Å²) < 4.78 is 18.7. The van der Waals surface area contributed by atoms with Crippen LogP contribution in [0.25, 0.3) is 32.5 Å². The largest absolute Gasteiger partial charge is 0.391 e. The zero-order valence-corrected chi connectivity index (χ0v) is 47.6. The van der Waals surface area contributed by atoms with E-state index in [4.69, 9.17) is 19.2 Å². The number of amides is 5. The molecule has 426 valence electrons. The number of hydrogen-bond acceptors (Lipinski definition) is 15. The Morgan fingerprint density at radius 1 is 0.825 bits per heavy atom. The van der Waals surface area contributed by atoms with E-state index in [1.54, 1.807) is 34.1 Å². The van der Waals surface area contributed by atoms with Crippen molar-refractivity contribution >= 4 is 57.6 Å². The maximum atomic E-state index is 14.0. The van der Waals surface area contributed by atoms with E-state index in [1.807, 2.05) is 115 Å². The molecule has 0 bridgehead atoms. The summed E-state index contributed by atoms with van der Waals surface area (Å²) in [5, 5.41) is 24.5. The number of anilines is 1. The molecular formula is C58H73N11O10S. The maximum Gasteiger partial charge on any atom is 0.253 e. The summed E-state index contributed by atoms with van der Waals surface area (Å²) >= 11 is 1.56. The van der Waals surface area contributed by atoms with Gasteiger partial charge in [0.25, 0.3) is 11.5 Å². The van der Waals surface area contributed by atoms with E-state index in [9.17, 15) is 33.9 Å². The molecule has 3 atom stereocenters. The SMILES string of the molecule is Cc1cc(C)c(CNC(=O)c2cc(-c3ccc(N4CCN(C(=O)COCCOCCOCC(=O)NC(C(=O)N5C[C@H](O)C[C@H]5C(=O)NCc5ccc(-c6scnc6C)cc5)C(C)(C)C)CC4)nc3)cc3c2cnn3C(C)C)c(=O)[nH]1. The van der Waals surface area contributed by atoms with Crippen LogP contribution in [0.3, 0.4) is 0 Å². The fourth-order valence-corrected chi connectivity index (χ4v) is 10.8. The van der Waals surface area contributed by atoms with Crippen LogP contribution in [0.5, 0.6) is 0 Å². The number of aliphatic hydroxyl groups excluding tert-OH is 1. The van der Waals surface area contributed by atoms with Gasteiger partial charge >= 0.3 is 0 Å². The van der Waals surface area contributed by atoms with Crippen LogP contribution in [0.4, 0.5) is 5.82 Å². The number of thiazole rings is 1. The molecule has 2 aliphatic heterocycles. The lowest BCUT2D eigenvalue weighted by atomic mass is 9.85. The number of aromatic nitrogens is 5. The summed E-state index contributed by atoms with van der Waals surface area (Å²) in [6, 6.07) is 15.6. The zero-order valence-electron chi connectivity index (χ0n) is 46.8. The molecule has 1 unspecified atom stereocenters. The van der Waals surface area contributed by atoms with Gasteiger partial charge in [-0.2, -0.15) is 5.10 Å². The molecule has 21 nitrogen and oxygen atoms in total. The fourth-order valence-electron chi connectivity index (χ4n) is 9.94. The molecular weight excluding hydrogens is 1040 g/mol. The summed E-state index contributed by atoms with van der Waals surface area (Å²) in [5.41, 5.74) is 8.63. The van der Waals surface area contributed by atoms with Gasteiger partial charge in [-0.05, 0) is 92.6 Å². The standard InChI is InChI=1S/C58H73N11O10S/c1-35(2)69-47-25-42(24-44(46(47)30-63-69)54(73)61-29-45-36(3)23-37(4)64-55(45)74)41-13-14-49(59-28-41)66-15-17-67(18-16-66)51(72)33-79-22-20-77-19-21-78-32-50(71)65-53(58(6,7)8)57(76)68-31-43(70)26-48(68)56(75)60-27-39-9-11-40(12-10-39)52-38(5)62-34-80-52/h9-14,23-25,28,30,34-35,43,48,53,70H,15-22,26-27,29,31-33H2,1-8H3,(H,60,75)(H,61,73)(H,64,74)(H,65,71)/t43-,48+,53?/m1/s1. The molecule has 0 saturated carbocycles. The van der Waals surface area contributed by atoms with Gasteiger partial charge in [-0.25, -0.2) is 9.97 Å². The zero-order chi connectivity index (χ0) is 57.3. The number of aryl methyl sites for hydroxylation is 3. The van der Waals surface area contributed by atoms with Crippen molar-refractivity contribution in [3.8, 4) is 21.6 Å². The van der Waals surface area contributed by atoms with Gasteiger partial charge in [0.15, 0.2) is 0 Å². The second kappa shape index (κ2) is 26.3. The number of piperazine rings is 1. The summed E-state index contributed by atoms with van der Waals surface area (Å²) in [4.78, 5) is 98.2. The number of carbonyl (C=O) groups is 5. The first kappa shape index (κ1) is 58.8. The highest BCUT2D eigenvalue weighted by Gasteiger charge is 2.44. The van der Waals surface area contributed by atoms with Crippen molar-refractivity contribution in [2.75, 3.05) is 77.3 Å². The molecule has 2 aliphatic rings. The molecule has 2 aromatic carbocycles. The predicted octanol–water partition coefficient (Wildman–Crippen LogP) is 4.85. The van der Waals surface area contributed by atoms with Crippen LogP contribution in [0.1, 0.15) is 85.5 Å². The number of rotatable bonds is 22. The second-order valence-electron chi connectivity index (χ2n) is 21.7. The minimum absolute atomic E-state index is 0.0379. The first-order valence-corrected chi connectivity index (χ1v) is 27.9. The van der Waals surface area contributed by atoms with Crippen LogP contribution in [0.15, 0.2) is 77.3 Å². The highest BCUT2D eigenvalue weighted by atomic mass is 32.1. The number of pyridine rings is 2. The van der Waals surface area contributed by atoms with Gasteiger partial charge in [-0.1, -0.05) is 45.0 Å². The number of ether oxygens (including phenoxy) is 3. The van der Waals surface area contributed by atoms with Crippen molar-refractivity contribution in [3.05, 3.63) is 116 Å². The Bertz CT molecular complexity index is 3210. The molecule has 6 heterocycles. The number of aromatic amines is 1. The number of fused-ring (bicyclic) bond motifs is 1. The van der Waals surface area contributed by atoms with Gasteiger partial charge in [0, 0.05) is 86.7 Å². The number of aliphatic hydroxyl groups is 1. The van der Waals surface area contributed by atoms with E-state index in [2.05, 4.69) is 35.9 Å². The van der Waals surface area contributed by atoms with Crippen molar-refractivity contribution in [1.82, 2.24) is 50.5 Å². The van der Waals surface area contributed by atoms with E-state index < -0.39 is 35.4 Å². The molecule has 5 amide bonds. The Hall–Kier alpha value is -7.37. The number of nitrogens with zero attached hydrogens (tertiary/aromatic N) is 7. The number of carbonyl (C=O) groups excluding carboxylic acids is 5. The lowest BCUT2D eigenvalue weighted by Crippen LogP contribution is -2.58. The lowest BCUT2D eigenvalue weighted by molar-refractivity contribution is -0.144. The molecule has 0 spiro atoms. The molecule has 0 radical (unpaired) electrons. The van der Waals surface area contributed by atoms with Crippen LogP contribution >= 0.6 is 11.3 Å².